The number of H-pyrrole nitrogens is 2. The summed E-state index contributed by atoms with van der Waals surface area (Å²) in [7, 11) is 0. The Labute approximate surface area is 279 Å². The second kappa shape index (κ2) is 13.6. The summed E-state index contributed by atoms with van der Waals surface area (Å²) in [4.78, 5) is 44.7. The lowest BCUT2D eigenvalue weighted by atomic mass is 9.95. The molecule has 0 aliphatic carbocycles. The molecule has 48 heavy (non-hydrogen) atoms. The molecule has 8 nitrogen and oxygen atoms in total. The van der Waals surface area contributed by atoms with Gasteiger partial charge in [0.1, 0.15) is 17.3 Å². The number of aromatic nitrogens is 4. The third-order valence-corrected chi connectivity index (χ3v) is 9.79. The summed E-state index contributed by atoms with van der Waals surface area (Å²) in [5.41, 5.74) is 4.39. The van der Waals surface area contributed by atoms with Crippen molar-refractivity contribution in [3.05, 3.63) is 72.6 Å². The molecular formula is C37H43F3N6O2. The zero-order valence-electron chi connectivity index (χ0n) is 27.7. The van der Waals surface area contributed by atoms with Crippen LogP contribution in [0, 0.1) is 0 Å². The van der Waals surface area contributed by atoms with Gasteiger partial charge in [0.05, 0.1) is 11.4 Å². The second-order valence-electron chi connectivity index (χ2n) is 13.7. The van der Waals surface area contributed by atoms with Crippen LogP contribution in [0.1, 0.15) is 82.8 Å². The number of rotatable bonds is 9. The highest BCUT2D eigenvalue weighted by Gasteiger charge is 2.36. The minimum Gasteiger partial charge on any atom is -0.348 e. The van der Waals surface area contributed by atoms with Gasteiger partial charge in [-0.1, -0.05) is 62.4 Å². The molecule has 2 aromatic carbocycles. The van der Waals surface area contributed by atoms with Gasteiger partial charge in [-0.05, 0) is 30.9 Å². The lowest BCUT2D eigenvalue weighted by Gasteiger charge is -2.34. The van der Waals surface area contributed by atoms with Crippen molar-refractivity contribution in [2.75, 3.05) is 26.2 Å². The number of amides is 2. The Balaban J connectivity index is 1.03. The molecule has 2 amide bonds. The van der Waals surface area contributed by atoms with Crippen molar-refractivity contribution in [1.29, 1.82) is 0 Å². The molecule has 254 valence electrons. The fourth-order valence-electron chi connectivity index (χ4n) is 6.42. The molecule has 4 aromatic rings. The Morgan fingerprint density at radius 3 is 1.42 bits per heavy atom. The van der Waals surface area contributed by atoms with Gasteiger partial charge in [-0.25, -0.2) is 23.1 Å². The smallest absolute Gasteiger partial charge is 0.251 e. The third-order valence-electron chi connectivity index (χ3n) is 9.79. The number of aromatic amines is 2. The Hall–Kier alpha value is -4.41. The third kappa shape index (κ3) is 7.82. The fourth-order valence-corrected chi connectivity index (χ4v) is 6.42. The van der Waals surface area contributed by atoms with Gasteiger partial charge in [0.2, 0.25) is 11.8 Å². The van der Waals surface area contributed by atoms with Gasteiger partial charge >= 0.3 is 0 Å². The van der Waals surface area contributed by atoms with Crippen LogP contribution in [0.4, 0.5) is 13.2 Å². The Kier molecular flexibility index (Phi) is 9.49. The van der Waals surface area contributed by atoms with Crippen molar-refractivity contribution >= 4 is 11.8 Å². The number of likely N-dealkylation sites (tertiary alicyclic amines) is 2. The van der Waals surface area contributed by atoms with E-state index in [4.69, 9.17) is 9.97 Å². The van der Waals surface area contributed by atoms with E-state index in [9.17, 15) is 22.8 Å². The van der Waals surface area contributed by atoms with E-state index in [0.717, 1.165) is 39.5 Å². The van der Waals surface area contributed by atoms with Crippen molar-refractivity contribution in [2.45, 2.75) is 82.7 Å². The van der Waals surface area contributed by atoms with Crippen LogP contribution in [-0.2, 0) is 9.59 Å². The van der Waals surface area contributed by atoms with Crippen molar-refractivity contribution in [2.24, 2.45) is 0 Å². The fraction of sp³-hybridized carbons (Fsp3) is 0.459. The van der Waals surface area contributed by atoms with Crippen LogP contribution in [0.25, 0.3) is 33.6 Å². The molecule has 2 saturated heterocycles. The van der Waals surface area contributed by atoms with Crippen LogP contribution in [-0.4, -0.2) is 79.3 Å². The Morgan fingerprint density at radius 2 is 1.02 bits per heavy atom. The van der Waals surface area contributed by atoms with Crippen LogP contribution < -0.4 is 0 Å². The first-order chi connectivity index (χ1) is 22.9. The van der Waals surface area contributed by atoms with E-state index >= 15 is 0 Å². The van der Waals surface area contributed by atoms with Crippen LogP contribution in [0.15, 0.2) is 60.9 Å². The molecule has 2 N–H and O–H groups in total. The number of benzene rings is 2. The molecule has 2 aliphatic rings. The Morgan fingerprint density at radius 1 is 0.667 bits per heavy atom. The van der Waals surface area contributed by atoms with E-state index in [-0.39, 0.29) is 56.0 Å². The number of carbonyl (C=O) groups is 2. The number of nitrogens with one attached hydrogen (secondary N) is 2. The first-order valence-corrected chi connectivity index (χ1v) is 16.8. The molecule has 0 unspecified atom stereocenters. The van der Waals surface area contributed by atoms with E-state index in [0.29, 0.717) is 38.2 Å². The maximum absolute atomic E-state index is 14.1. The monoisotopic (exact) mass is 660 g/mol. The number of carbonyl (C=O) groups excluding carboxylic acids is 2. The van der Waals surface area contributed by atoms with E-state index in [1.165, 1.54) is 4.90 Å². The summed E-state index contributed by atoms with van der Waals surface area (Å²) in [5.74, 6) is -1.58. The number of halogens is 3. The van der Waals surface area contributed by atoms with E-state index in [2.05, 4.69) is 22.1 Å². The average Bonchev–Trinajstić information content (AvgIpc) is 3.76. The van der Waals surface area contributed by atoms with Crippen LogP contribution in [0.2, 0.25) is 0 Å². The number of alkyl halides is 3. The summed E-state index contributed by atoms with van der Waals surface area (Å²) in [6.07, 6.45) is 4.42. The SMILES string of the molecule is C[C@H](CC(=O)N1CCC(C)(F)CC1)c1nc(-c2ccc(-c3ccc(-c4c[nH]c([C@H](C)CC(=O)N5CCC(F)(F)CC5)n4)cc3)cc2)c[nH]1. The molecule has 0 saturated carbocycles. The average molecular weight is 661 g/mol. The topological polar surface area (TPSA) is 98.0 Å². The number of hydrogen-bond donors (Lipinski definition) is 2. The summed E-state index contributed by atoms with van der Waals surface area (Å²) in [6, 6.07) is 16.3. The molecule has 2 aliphatic heterocycles. The zero-order chi connectivity index (χ0) is 34.1. The van der Waals surface area contributed by atoms with Crippen molar-refractivity contribution in [1.82, 2.24) is 29.7 Å². The highest BCUT2D eigenvalue weighted by molar-refractivity contribution is 5.78. The summed E-state index contributed by atoms with van der Waals surface area (Å²) < 4.78 is 41.1. The van der Waals surface area contributed by atoms with Crippen LogP contribution >= 0.6 is 0 Å². The van der Waals surface area contributed by atoms with Gasteiger partial charge in [-0.3, -0.25) is 9.59 Å². The summed E-state index contributed by atoms with van der Waals surface area (Å²) >= 11 is 0. The van der Waals surface area contributed by atoms with Crippen molar-refractivity contribution < 1.29 is 22.8 Å². The molecule has 11 heteroatoms. The minimum atomic E-state index is -2.68. The maximum Gasteiger partial charge on any atom is 0.251 e. The normalized spacial score (nSPS) is 18.8. The molecule has 2 aromatic heterocycles. The quantitative estimate of drug-likeness (QED) is 0.192. The van der Waals surface area contributed by atoms with E-state index in [1.54, 1.807) is 11.8 Å². The lowest BCUT2D eigenvalue weighted by molar-refractivity contribution is -0.137. The second-order valence-corrected chi connectivity index (χ2v) is 13.7. The summed E-state index contributed by atoms with van der Waals surface area (Å²) in [5, 5.41) is 0. The molecule has 2 fully saturated rings. The van der Waals surface area contributed by atoms with E-state index in [1.807, 2.05) is 62.6 Å². The number of piperidine rings is 2. The maximum atomic E-state index is 14.1. The molecule has 2 atom stereocenters. The first kappa shape index (κ1) is 33.5. The van der Waals surface area contributed by atoms with Gasteiger partial charge in [0, 0.05) is 87.2 Å². The molecule has 4 heterocycles. The van der Waals surface area contributed by atoms with Crippen molar-refractivity contribution in [3.8, 4) is 33.6 Å². The molecule has 0 bridgehead atoms. The number of nitrogens with zero attached hydrogens (tertiary/aromatic N) is 4. The molecular weight excluding hydrogens is 617 g/mol. The van der Waals surface area contributed by atoms with Gasteiger partial charge in [0.15, 0.2) is 0 Å². The highest BCUT2D eigenvalue weighted by atomic mass is 19.3. The first-order valence-electron chi connectivity index (χ1n) is 16.8. The molecule has 6 rings (SSSR count). The zero-order valence-corrected chi connectivity index (χ0v) is 27.7. The predicted molar refractivity (Wildman–Crippen MR) is 179 cm³/mol. The molecule has 0 radical (unpaired) electrons. The van der Waals surface area contributed by atoms with Gasteiger partial charge in [-0.2, -0.15) is 0 Å². The van der Waals surface area contributed by atoms with Crippen molar-refractivity contribution in [3.63, 3.8) is 0 Å². The van der Waals surface area contributed by atoms with Gasteiger partial charge in [-0.15, -0.1) is 0 Å². The highest BCUT2D eigenvalue weighted by Crippen LogP contribution is 2.31. The lowest BCUT2D eigenvalue weighted by Crippen LogP contribution is -2.43. The Bertz CT molecular complexity index is 1580. The predicted octanol–water partition coefficient (Wildman–Crippen LogP) is 7.73. The number of hydrogen-bond acceptors (Lipinski definition) is 4. The standard InChI is InChI=1S/C37H43F3N6O2/c1-24(20-32(47)45-16-12-36(3,38)13-17-45)34-41-22-30(43-34)28-8-4-26(5-9-28)27-6-10-29(11-7-27)31-23-42-35(44-31)25(2)21-33(48)46-18-14-37(39,40)15-19-46/h4-11,22-25H,12-21H2,1-3H3,(H,41,43)(H,42,44)/t24-,25-/m1/s1. The minimum absolute atomic E-state index is 0.0342. The largest absolute Gasteiger partial charge is 0.348 e. The summed E-state index contributed by atoms with van der Waals surface area (Å²) in [6.45, 7) is 6.59. The van der Waals surface area contributed by atoms with Crippen LogP contribution in [0.5, 0.6) is 0 Å². The molecule has 0 spiro atoms. The number of imidazole rings is 2. The van der Waals surface area contributed by atoms with Crippen LogP contribution in [0.3, 0.4) is 0 Å². The van der Waals surface area contributed by atoms with Gasteiger partial charge in [0.25, 0.3) is 5.92 Å². The van der Waals surface area contributed by atoms with E-state index < -0.39 is 11.6 Å². The van der Waals surface area contributed by atoms with Gasteiger partial charge < -0.3 is 19.8 Å².